The van der Waals surface area contributed by atoms with Crippen LogP contribution in [0.5, 0.6) is 0 Å². The molecule has 0 spiro atoms. The number of aliphatic carboxylic acids is 1. The molecular formula is C15H25NO4. The van der Waals surface area contributed by atoms with Crippen molar-refractivity contribution in [3.05, 3.63) is 12.7 Å². The number of hydrogen-bond donors (Lipinski definition) is 2. The van der Waals surface area contributed by atoms with Crippen molar-refractivity contribution in [3.8, 4) is 0 Å². The number of carboxylic acid groups (broad SMARTS) is 1. The monoisotopic (exact) mass is 283 g/mol. The molecular weight excluding hydrogens is 258 g/mol. The molecule has 2 N–H and O–H groups in total. The molecule has 0 unspecified atom stereocenters. The normalized spacial score (nSPS) is 19.5. The molecule has 0 radical (unpaired) electrons. The van der Waals surface area contributed by atoms with E-state index in [9.17, 15) is 9.59 Å². The van der Waals surface area contributed by atoms with E-state index in [1.807, 2.05) is 6.08 Å². The minimum atomic E-state index is -0.955. The number of ether oxygens (including phenoxy) is 1. The molecule has 1 fully saturated rings. The molecule has 1 heterocycles. The predicted molar refractivity (Wildman–Crippen MR) is 76.4 cm³/mol. The van der Waals surface area contributed by atoms with E-state index in [1.54, 1.807) is 0 Å². The maximum absolute atomic E-state index is 11.9. The van der Waals surface area contributed by atoms with Gasteiger partial charge in [-0.25, -0.2) is 4.79 Å². The topological polar surface area (TPSA) is 75.6 Å². The molecule has 0 aromatic carbocycles. The SMILES string of the molecule is C=CCCCCCC[C@@H](NC(=O)[C@@H]1CCOC1)C(=O)O. The second-order valence-electron chi connectivity index (χ2n) is 5.24. The van der Waals surface area contributed by atoms with Gasteiger partial charge in [-0.3, -0.25) is 4.79 Å². The van der Waals surface area contributed by atoms with Crippen LogP contribution in [0.4, 0.5) is 0 Å². The molecule has 1 saturated heterocycles. The molecule has 0 bridgehead atoms. The van der Waals surface area contributed by atoms with Crippen molar-refractivity contribution in [2.45, 2.75) is 51.0 Å². The van der Waals surface area contributed by atoms with Gasteiger partial charge in [-0.05, 0) is 25.7 Å². The van der Waals surface area contributed by atoms with Crippen molar-refractivity contribution in [1.82, 2.24) is 5.32 Å². The lowest BCUT2D eigenvalue weighted by molar-refractivity contribution is -0.142. The predicted octanol–water partition coefficient (Wildman–Crippen LogP) is 2.12. The largest absolute Gasteiger partial charge is 0.480 e. The summed E-state index contributed by atoms with van der Waals surface area (Å²) in [7, 11) is 0. The molecule has 1 aliphatic rings. The zero-order valence-corrected chi connectivity index (χ0v) is 12.0. The van der Waals surface area contributed by atoms with Crippen LogP contribution in [0.15, 0.2) is 12.7 Å². The Morgan fingerprint density at radius 2 is 2.10 bits per heavy atom. The van der Waals surface area contributed by atoms with Gasteiger partial charge in [0.2, 0.25) is 5.91 Å². The van der Waals surface area contributed by atoms with Crippen molar-refractivity contribution in [2.24, 2.45) is 5.92 Å². The van der Waals surface area contributed by atoms with Gasteiger partial charge < -0.3 is 15.2 Å². The van der Waals surface area contributed by atoms with E-state index in [2.05, 4.69) is 11.9 Å². The highest BCUT2D eigenvalue weighted by Crippen LogP contribution is 2.14. The summed E-state index contributed by atoms with van der Waals surface area (Å²) in [5.74, 6) is -1.34. The third-order valence-electron chi connectivity index (χ3n) is 3.57. The molecule has 0 saturated carbocycles. The van der Waals surface area contributed by atoms with Crippen molar-refractivity contribution in [1.29, 1.82) is 0 Å². The van der Waals surface area contributed by atoms with Gasteiger partial charge in [-0.1, -0.05) is 25.3 Å². The van der Waals surface area contributed by atoms with E-state index in [1.165, 1.54) is 0 Å². The van der Waals surface area contributed by atoms with Gasteiger partial charge in [0.1, 0.15) is 6.04 Å². The van der Waals surface area contributed by atoms with Crippen molar-refractivity contribution >= 4 is 11.9 Å². The molecule has 1 rings (SSSR count). The van der Waals surface area contributed by atoms with Gasteiger partial charge in [0.25, 0.3) is 0 Å². The summed E-state index contributed by atoms with van der Waals surface area (Å²) in [6.45, 7) is 4.65. The summed E-state index contributed by atoms with van der Waals surface area (Å²) >= 11 is 0. The zero-order chi connectivity index (χ0) is 14.8. The van der Waals surface area contributed by atoms with E-state index in [4.69, 9.17) is 9.84 Å². The standard InChI is InChI=1S/C15H25NO4/c1-2-3-4-5-6-7-8-13(15(18)19)16-14(17)12-9-10-20-11-12/h2,12-13H,1,3-11H2,(H,16,17)(H,18,19)/t12-,13-/m1/s1. The lowest BCUT2D eigenvalue weighted by Crippen LogP contribution is -2.43. The number of unbranched alkanes of at least 4 members (excludes halogenated alkanes) is 4. The lowest BCUT2D eigenvalue weighted by atomic mass is 10.0. The molecule has 0 aromatic heterocycles. The second kappa shape index (κ2) is 9.53. The summed E-state index contributed by atoms with van der Waals surface area (Å²) in [4.78, 5) is 23.0. The zero-order valence-electron chi connectivity index (χ0n) is 12.0. The smallest absolute Gasteiger partial charge is 0.326 e. The Morgan fingerprint density at radius 1 is 1.35 bits per heavy atom. The first-order chi connectivity index (χ1) is 9.65. The van der Waals surface area contributed by atoms with Crippen LogP contribution in [-0.4, -0.2) is 36.2 Å². The molecule has 0 aromatic rings. The molecule has 1 aliphatic heterocycles. The van der Waals surface area contributed by atoms with E-state index in [0.717, 1.165) is 32.1 Å². The van der Waals surface area contributed by atoms with Crippen LogP contribution in [0.3, 0.4) is 0 Å². The first kappa shape index (κ1) is 16.7. The number of rotatable bonds is 10. The Kier molecular flexibility index (Phi) is 7.95. The van der Waals surface area contributed by atoms with E-state index >= 15 is 0 Å². The van der Waals surface area contributed by atoms with Crippen molar-refractivity contribution in [2.75, 3.05) is 13.2 Å². The van der Waals surface area contributed by atoms with Crippen LogP contribution in [-0.2, 0) is 14.3 Å². The van der Waals surface area contributed by atoms with Crippen LogP contribution in [0.2, 0.25) is 0 Å². The van der Waals surface area contributed by atoms with E-state index in [-0.39, 0.29) is 11.8 Å². The Bertz CT molecular complexity index is 324. The maximum atomic E-state index is 11.9. The van der Waals surface area contributed by atoms with Gasteiger partial charge in [0.15, 0.2) is 0 Å². The minimum absolute atomic E-state index is 0.190. The molecule has 2 atom stereocenters. The average molecular weight is 283 g/mol. The molecule has 5 heteroatoms. The molecule has 1 amide bonds. The van der Waals surface area contributed by atoms with Gasteiger partial charge in [-0.2, -0.15) is 0 Å². The van der Waals surface area contributed by atoms with E-state index < -0.39 is 12.0 Å². The first-order valence-electron chi connectivity index (χ1n) is 7.37. The number of allylic oxidation sites excluding steroid dienone is 1. The van der Waals surface area contributed by atoms with Crippen LogP contribution < -0.4 is 5.32 Å². The fraction of sp³-hybridized carbons (Fsp3) is 0.733. The highest BCUT2D eigenvalue weighted by molar-refractivity contribution is 5.85. The molecule has 5 nitrogen and oxygen atoms in total. The maximum Gasteiger partial charge on any atom is 0.326 e. The summed E-state index contributed by atoms with van der Waals surface area (Å²) in [5.41, 5.74) is 0. The number of carbonyl (C=O) groups is 2. The third-order valence-corrected chi connectivity index (χ3v) is 3.57. The van der Waals surface area contributed by atoms with Crippen LogP contribution in [0.25, 0.3) is 0 Å². The Labute approximate surface area is 120 Å². The fourth-order valence-corrected chi connectivity index (χ4v) is 2.28. The summed E-state index contributed by atoms with van der Waals surface area (Å²) < 4.78 is 5.14. The number of amides is 1. The second-order valence-corrected chi connectivity index (χ2v) is 5.24. The van der Waals surface area contributed by atoms with Gasteiger partial charge in [-0.15, -0.1) is 6.58 Å². The van der Waals surface area contributed by atoms with Crippen molar-refractivity contribution < 1.29 is 19.4 Å². The molecule has 0 aliphatic carbocycles. The lowest BCUT2D eigenvalue weighted by Gasteiger charge is -2.16. The summed E-state index contributed by atoms with van der Waals surface area (Å²) in [6, 6.07) is -0.775. The number of carboxylic acids is 1. The Balaban J connectivity index is 2.23. The Hall–Kier alpha value is -1.36. The highest BCUT2D eigenvalue weighted by atomic mass is 16.5. The van der Waals surface area contributed by atoms with Crippen LogP contribution >= 0.6 is 0 Å². The fourth-order valence-electron chi connectivity index (χ4n) is 2.28. The highest BCUT2D eigenvalue weighted by Gasteiger charge is 2.27. The number of nitrogens with one attached hydrogen (secondary N) is 1. The Morgan fingerprint density at radius 3 is 2.70 bits per heavy atom. The van der Waals surface area contributed by atoms with Gasteiger partial charge in [0.05, 0.1) is 12.5 Å². The quantitative estimate of drug-likeness (QED) is 0.475. The average Bonchev–Trinajstić information content (AvgIpc) is 2.95. The third kappa shape index (κ3) is 6.19. The van der Waals surface area contributed by atoms with Crippen molar-refractivity contribution in [3.63, 3.8) is 0 Å². The number of hydrogen-bond acceptors (Lipinski definition) is 3. The minimum Gasteiger partial charge on any atom is -0.480 e. The van der Waals surface area contributed by atoms with E-state index in [0.29, 0.717) is 26.1 Å². The summed E-state index contributed by atoms with van der Waals surface area (Å²) in [6.07, 6.45) is 8.03. The summed E-state index contributed by atoms with van der Waals surface area (Å²) in [5, 5.41) is 11.8. The first-order valence-corrected chi connectivity index (χ1v) is 7.37. The van der Waals surface area contributed by atoms with Crippen LogP contribution in [0, 0.1) is 5.92 Å². The van der Waals surface area contributed by atoms with Crippen LogP contribution in [0.1, 0.15) is 44.9 Å². The van der Waals surface area contributed by atoms with Gasteiger partial charge >= 0.3 is 5.97 Å². The molecule has 20 heavy (non-hydrogen) atoms. The molecule has 114 valence electrons. The number of carbonyl (C=O) groups excluding carboxylic acids is 1. The van der Waals surface area contributed by atoms with Gasteiger partial charge in [0, 0.05) is 6.61 Å².